The van der Waals surface area contributed by atoms with Crippen LogP contribution in [0.1, 0.15) is 39.7 Å². The number of ketones is 1. The highest BCUT2D eigenvalue weighted by atomic mass is 16.1. The molecule has 0 spiro atoms. The van der Waals surface area contributed by atoms with Gasteiger partial charge in [0.05, 0.1) is 0 Å². The van der Waals surface area contributed by atoms with Crippen molar-refractivity contribution in [2.75, 3.05) is 0 Å². The van der Waals surface area contributed by atoms with Crippen LogP contribution in [0.15, 0.2) is 42.0 Å². The molecule has 0 fully saturated rings. The second-order valence-corrected chi connectivity index (χ2v) is 5.61. The minimum atomic E-state index is 0.208. The number of benzene rings is 1. The Labute approximate surface area is 116 Å². The fourth-order valence-electron chi connectivity index (χ4n) is 1.99. The van der Waals surface area contributed by atoms with Crippen molar-refractivity contribution in [2.45, 2.75) is 46.7 Å². The number of allylic oxidation sites excluding steroid dienone is 2. The molecule has 2 nitrogen and oxygen atoms in total. The van der Waals surface area contributed by atoms with Gasteiger partial charge < -0.3 is 5.32 Å². The Balaban J connectivity index is 2.54. The summed E-state index contributed by atoms with van der Waals surface area (Å²) in [5, 5.41) is 3.49. The van der Waals surface area contributed by atoms with E-state index in [-0.39, 0.29) is 11.8 Å². The SMILES string of the molecule is CC(C)=CC(=O)CC(NCc1ccccc1)C(C)C. The van der Waals surface area contributed by atoms with Crippen molar-refractivity contribution in [2.24, 2.45) is 5.92 Å². The average Bonchev–Trinajstić information content (AvgIpc) is 2.34. The van der Waals surface area contributed by atoms with E-state index in [4.69, 9.17) is 0 Å². The van der Waals surface area contributed by atoms with Gasteiger partial charge in [0.15, 0.2) is 5.78 Å². The number of rotatable bonds is 7. The fraction of sp³-hybridized carbons (Fsp3) is 0.471. The van der Waals surface area contributed by atoms with E-state index < -0.39 is 0 Å². The Morgan fingerprint density at radius 3 is 2.37 bits per heavy atom. The predicted octanol–water partition coefficient (Wildman–Crippen LogP) is 3.73. The highest BCUT2D eigenvalue weighted by molar-refractivity contribution is 5.90. The molecule has 2 heteroatoms. The summed E-state index contributed by atoms with van der Waals surface area (Å²) in [7, 11) is 0. The molecular formula is C17H25NO. The van der Waals surface area contributed by atoms with Crippen LogP contribution < -0.4 is 5.32 Å². The first kappa shape index (κ1) is 15.6. The van der Waals surface area contributed by atoms with Crippen LogP contribution in [-0.2, 0) is 11.3 Å². The first-order chi connectivity index (χ1) is 8.99. The zero-order valence-corrected chi connectivity index (χ0v) is 12.4. The smallest absolute Gasteiger partial charge is 0.157 e. The maximum absolute atomic E-state index is 11.9. The van der Waals surface area contributed by atoms with Crippen molar-refractivity contribution in [1.29, 1.82) is 0 Å². The van der Waals surface area contributed by atoms with E-state index in [0.717, 1.165) is 12.1 Å². The minimum Gasteiger partial charge on any atom is -0.309 e. The molecule has 1 atom stereocenters. The summed E-state index contributed by atoms with van der Waals surface area (Å²) >= 11 is 0. The lowest BCUT2D eigenvalue weighted by atomic mass is 9.97. The van der Waals surface area contributed by atoms with Crippen molar-refractivity contribution in [3.63, 3.8) is 0 Å². The zero-order valence-electron chi connectivity index (χ0n) is 12.4. The van der Waals surface area contributed by atoms with Gasteiger partial charge in [0.2, 0.25) is 0 Å². The van der Waals surface area contributed by atoms with Gasteiger partial charge in [-0.1, -0.05) is 49.8 Å². The lowest BCUT2D eigenvalue weighted by molar-refractivity contribution is -0.115. The lowest BCUT2D eigenvalue weighted by Gasteiger charge is -2.21. The number of carbonyl (C=O) groups is 1. The van der Waals surface area contributed by atoms with Crippen LogP contribution >= 0.6 is 0 Å². The van der Waals surface area contributed by atoms with E-state index in [1.165, 1.54) is 5.56 Å². The molecule has 0 saturated carbocycles. The van der Waals surface area contributed by atoms with Gasteiger partial charge in [0.25, 0.3) is 0 Å². The third-order valence-electron chi connectivity index (χ3n) is 3.09. The normalized spacial score (nSPS) is 12.3. The molecule has 1 aromatic carbocycles. The molecule has 0 aliphatic carbocycles. The van der Waals surface area contributed by atoms with Crippen molar-refractivity contribution in [3.05, 3.63) is 47.5 Å². The van der Waals surface area contributed by atoms with Crippen LogP contribution in [0.5, 0.6) is 0 Å². The molecular weight excluding hydrogens is 234 g/mol. The molecule has 0 radical (unpaired) electrons. The maximum Gasteiger partial charge on any atom is 0.157 e. The van der Waals surface area contributed by atoms with Crippen molar-refractivity contribution in [3.8, 4) is 0 Å². The summed E-state index contributed by atoms with van der Waals surface area (Å²) in [6, 6.07) is 10.5. The van der Waals surface area contributed by atoms with Crippen molar-refractivity contribution >= 4 is 5.78 Å². The number of carbonyl (C=O) groups excluding carboxylic acids is 1. The van der Waals surface area contributed by atoms with E-state index in [1.807, 2.05) is 32.0 Å². The molecule has 1 rings (SSSR count). The van der Waals surface area contributed by atoms with Gasteiger partial charge in [-0.25, -0.2) is 0 Å². The van der Waals surface area contributed by atoms with Crippen LogP contribution in [0.2, 0.25) is 0 Å². The molecule has 0 aliphatic rings. The Morgan fingerprint density at radius 1 is 1.21 bits per heavy atom. The monoisotopic (exact) mass is 259 g/mol. The summed E-state index contributed by atoms with van der Waals surface area (Å²) < 4.78 is 0. The van der Waals surface area contributed by atoms with Crippen LogP contribution in [0.3, 0.4) is 0 Å². The van der Waals surface area contributed by atoms with Crippen LogP contribution in [0.25, 0.3) is 0 Å². The maximum atomic E-state index is 11.9. The Morgan fingerprint density at radius 2 is 1.84 bits per heavy atom. The Hall–Kier alpha value is -1.41. The van der Waals surface area contributed by atoms with E-state index in [1.54, 1.807) is 6.08 Å². The van der Waals surface area contributed by atoms with Crippen molar-refractivity contribution in [1.82, 2.24) is 5.32 Å². The standard InChI is InChI=1S/C17H25NO/c1-13(2)10-16(19)11-17(14(3)4)18-12-15-8-6-5-7-9-15/h5-10,14,17-18H,11-12H2,1-4H3. The van der Waals surface area contributed by atoms with E-state index >= 15 is 0 Å². The second kappa shape index (κ2) is 7.90. The molecule has 1 N–H and O–H groups in total. The van der Waals surface area contributed by atoms with E-state index in [0.29, 0.717) is 12.3 Å². The third-order valence-corrected chi connectivity index (χ3v) is 3.09. The predicted molar refractivity (Wildman–Crippen MR) is 81.0 cm³/mol. The van der Waals surface area contributed by atoms with Gasteiger partial charge in [0, 0.05) is 19.0 Å². The first-order valence-electron chi connectivity index (χ1n) is 6.94. The Kier molecular flexibility index (Phi) is 6.51. The minimum absolute atomic E-state index is 0.208. The van der Waals surface area contributed by atoms with Crippen LogP contribution in [0, 0.1) is 5.92 Å². The molecule has 0 bridgehead atoms. The summed E-state index contributed by atoms with van der Waals surface area (Å²) in [6.45, 7) is 9.03. The molecule has 1 unspecified atom stereocenters. The van der Waals surface area contributed by atoms with Gasteiger partial charge in [-0.15, -0.1) is 0 Å². The molecule has 0 aliphatic heterocycles. The summed E-state index contributed by atoms with van der Waals surface area (Å²) in [5.41, 5.74) is 2.32. The van der Waals surface area contributed by atoms with E-state index in [9.17, 15) is 4.79 Å². The van der Waals surface area contributed by atoms with Gasteiger partial charge in [-0.2, -0.15) is 0 Å². The van der Waals surface area contributed by atoms with Crippen LogP contribution in [0.4, 0.5) is 0 Å². The first-order valence-corrected chi connectivity index (χ1v) is 6.94. The molecule has 104 valence electrons. The highest BCUT2D eigenvalue weighted by Crippen LogP contribution is 2.09. The molecule has 0 amide bonds. The van der Waals surface area contributed by atoms with Gasteiger partial charge in [0.1, 0.15) is 0 Å². The molecule has 0 saturated heterocycles. The van der Waals surface area contributed by atoms with E-state index in [2.05, 4.69) is 31.3 Å². The largest absolute Gasteiger partial charge is 0.309 e. The number of nitrogens with one attached hydrogen (secondary N) is 1. The summed E-state index contributed by atoms with van der Waals surface area (Å²) in [4.78, 5) is 11.9. The molecule has 19 heavy (non-hydrogen) atoms. The lowest BCUT2D eigenvalue weighted by Crippen LogP contribution is -2.35. The highest BCUT2D eigenvalue weighted by Gasteiger charge is 2.15. The molecule has 0 heterocycles. The Bertz CT molecular complexity index is 416. The summed E-state index contributed by atoms with van der Waals surface area (Å²) in [6.07, 6.45) is 2.30. The van der Waals surface area contributed by atoms with Gasteiger partial charge >= 0.3 is 0 Å². The topological polar surface area (TPSA) is 29.1 Å². The fourth-order valence-corrected chi connectivity index (χ4v) is 1.99. The van der Waals surface area contributed by atoms with Crippen molar-refractivity contribution < 1.29 is 4.79 Å². The number of hydrogen-bond donors (Lipinski definition) is 1. The van der Waals surface area contributed by atoms with Gasteiger partial charge in [-0.3, -0.25) is 4.79 Å². The number of hydrogen-bond acceptors (Lipinski definition) is 2. The summed E-state index contributed by atoms with van der Waals surface area (Å²) in [5.74, 6) is 0.650. The van der Waals surface area contributed by atoms with Crippen LogP contribution in [-0.4, -0.2) is 11.8 Å². The zero-order chi connectivity index (χ0) is 14.3. The third kappa shape index (κ3) is 6.35. The van der Waals surface area contributed by atoms with Gasteiger partial charge in [-0.05, 0) is 31.4 Å². The molecule has 0 aromatic heterocycles. The second-order valence-electron chi connectivity index (χ2n) is 5.61. The quantitative estimate of drug-likeness (QED) is 0.756. The average molecular weight is 259 g/mol. The molecule has 1 aromatic rings.